The van der Waals surface area contributed by atoms with Crippen molar-refractivity contribution in [2.45, 2.75) is 12.8 Å². The van der Waals surface area contributed by atoms with Gasteiger partial charge in [0, 0.05) is 41.7 Å². The number of piperidine rings is 1. The van der Waals surface area contributed by atoms with E-state index in [1.165, 1.54) is 0 Å². The fourth-order valence-corrected chi connectivity index (χ4v) is 5.31. The van der Waals surface area contributed by atoms with Gasteiger partial charge in [-0.1, -0.05) is 29.8 Å². The van der Waals surface area contributed by atoms with Gasteiger partial charge in [-0.3, -0.25) is 4.79 Å². The van der Waals surface area contributed by atoms with Crippen molar-refractivity contribution in [3.63, 3.8) is 0 Å². The van der Waals surface area contributed by atoms with Crippen LogP contribution in [-0.4, -0.2) is 45.0 Å². The van der Waals surface area contributed by atoms with Crippen molar-refractivity contribution in [3.05, 3.63) is 68.4 Å². The molecular formula is C23H21BrClN5OS. The third-order valence-corrected chi connectivity index (χ3v) is 7.30. The molecule has 0 radical (unpaired) electrons. The van der Waals surface area contributed by atoms with E-state index >= 15 is 0 Å². The maximum absolute atomic E-state index is 12.8. The first-order valence-electron chi connectivity index (χ1n) is 10.4. The molecule has 4 aromatic rings. The number of amides is 1. The summed E-state index contributed by atoms with van der Waals surface area (Å²) in [5.41, 5.74) is 3.16. The Balaban J connectivity index is 1.37. The Morgan fingerprint density at radius 1 is 1.31 bits per heavy atom. The molecule has 3 aromatic heterocycles. The predicted molar refractivity (Wildman–Crippen MR) is 133 cm³/mol. The number of anilines is 1. The number of hydrogen-bond acceptors (Lipinski definition) is 5. The number of thiophene rings is 1. The van der Waals surface area contributed by atoms with Gasteiger partial charge >= 0.3 is 0 Å². The molecule has 1 atom stereocenters. The molecule has 0 saturated carbocycles. The van der Waals surface area contributed by atoms with E-state index < -0.39 is 0 Å². The van der Waals surface area contributed by atoms with E-state index in [0.717, 1.165) is 65.2 Å². The molecule has 5 rings (SSSR count). The molecule has 9 heteroatoms. The van der Waals surface area contributed by atoms with Crippen LogP contribution in [0.3, 0.4) is 0 Å². The van der Waals surface area contributed by atoms with Gasteiger partial charge in [-0.25, -0.2) is 4.98 Å². The van der Waals surface area contributed by atoms with Gasteiger partial charge < -0.3 is 10.2 Å². The second-order valence-electron chi connectivity index (χ2n) is 7.89. The number of rotatable bonds is 5. The van der Waals surface area contributed by atoms with Crippen LogP contribution in [0.1, 0.15) is 23.2 Å². The van der Waals surface area contributed by atoms with Crippen molar-refractivity contribution in [2.75, 3.05) is 25.0 Å². The van der Waals surface area contributed by atoms with Crippen molar-refractivity contribution < 1.29 is 4.79 Å². The number of fused-ring (bicyclic) bond motifs is 1. The molecule has 0 spiro atoms. The fourth-order valence-electron chi connectivity index (χ4n) is 4.10. The number of hydrogen-bond donors (Lipinski definition) is 1. The molecule has 0 bridgehead atoms. The summed E-state index contributed by atoms with van der Waals surface area (Å²) in [7, 11) is 0. The van der Waals surface area contributed by atoms with Crippen LogP contribution in [0.2, 0.25) is 5.02 Å². The number of benzene rings is 1. The largest absolute Gasteiger partial charge is 0.370 e. The molecule has 164 valence electrons. The van der Waals surface area contributed by atoms with Gasteiger partial charge in [0.1, 0.15) is 5.82 Å². The topological polar surface area (TPSA) is 62.5 Å². The van der Waals surface area contributed by atoms with Crippen LogP contribution in [0, 0.1) is 5.92 Å². The SMILES string of the molecule is O=C(c1ccsc1)N1CCCC(CNc2cc(-c3ccccc3Cl)nc3c(Br)cnn23)C1. The van der Waals surface area contributed by atoms with Crippen molar-refractivity contribution in [1.29, 1.82) is 0 Å². The third-order valence-electron chi connectivity index (χ3n) is 5.72. The van der Waals surface area contributed by atoms with E-state index in [0.29, 0.717) is 10.9 Å². The lowest BCUT2D eigenvalue weighted by molar-refractivity contribution is 0.0680. The molecule has 0 aliphatic carbocycles. The van der Waals surface area contributed by atoms with E-state index in [1.807, 2.05) is 52.1 Å². The average Bonchev–Trinajstić information content (AvgIpc) is 3.48. The average molecular weight is 531 g/mol. The van der Waals surface area contributed by atoms with Crippen LogP contribution >= 0.6 is 38.9 Å². The highest BCUT2D eigenvalue weighted by Crippen LogP contribution is 2.30. The Morgan fingerprint density at radius 3 is 3.00 bits per heavy atom. The van der Waals surface area contributed by atoms with Gasteiger partial charge in [-0.15, -0.1) is 0 Å². The zero-order valence-corrected chi connectivity index (χ0v) is 20.3. The van der Waals surface area contributed by atoms with Gasteiger partial charge in [0.05, 0.1) is 21.9 Å². The van der Waals surface area contributed by atoms with Gasteiger partial charge in [-0.2, -0.15) is 21.0 Å². The first kappa shape index (κ1) is 21.4. The molecule has 1 amide bonds. The second kappa shape index (κ2) is 9.21. The van der Waals surface area contributed by atoms with Gasteiger partial charge in [0.25, 0.3) is 5.91 Å². The highest BCUT2D eigenvalue weighted by molar-refractivity contribution is 9.10. The summed E-state index contributed by atoms with van der Waals surface area (Å²) in [6.07, 6.45) is 3.83. The highest BCUT2D eigenvalue weighted by Gasteiger charge is 2.25. The van der Waals surface area contributed by atoms with Crippen LogP contribution in [0.15, 0.2) is 57.8 Å². The standard InChI is InChI=1S/C23H21BrClN5OS/c24-18-12-27-30-21(10-20(28-22(18)30)17-5-1-2-6-19(17)25)26-11-15-4-3-8-29(13-15)23(31)16-7-9-32-14-16/h1-2,5-7,9-10,12,14-15,26H,3-4,8,11,13H2. The molecule has 1 aromatic carbocycles. The lowest BCUT2D eigenvalue weighted by atomic mass is 9.97. The maximum atomic E-state index is 12.8. The van der Waals surface area contributed by atoms with E-state index in [2.05, 4.69) is 26.3 Å². The molecule has 1 aliphatic heterocycles. The Bertz CT molecular complexity index is 1260. The van der Waals surface area contributed by atoms with Crippen LogP contribution in [-0.2, 0) is 0 Å². The maximum Gasteiger partial charge on any atom is 0.254 e. The molecular weight excluding hydrogens is 510 g/mol. The second-order valence-corrected chi connectivity index (χ2v) is 9.93. The number of carbonyl (C=O) groups excluding carboxylic acids is 1. The van der Waals surface area contributed by atoms with Crippen molar-refractivity contribution >= 4 is 56.2 Å². The zero-order valence-electron chi connectivity index (χ0n) is 17.2. The van der Waals surface area contributed by atoms with E-state index in [-0.39, 0.29) is 5.91 Å². The summed E-state index contributed by atoms with van der Waals surface area (Å²) in [4.78, 5) is 19.5. The number of nitrogens with zero attached hydrogens (tertiary/aromatic N) is 4. The normalized spacial score (nSPS) is 16.4. The van der Waals surface area contributed by atoms with Crippen molar-refractivity contribution in [1.82, 2.24) is 19.5 Å². The lowest BCUT2D eigenvalue weighted by Crippen LogP contribution is -2.41. The van der Waals surface area contributed by atoms with Crippen LogP contribution in [0.4, 0.5) is 5.82 Å². The summed E-state index contributed by atoms with van der Waals surface area (Å²) in [5, 5.41) is 12.5. The molecule has 6 nitrogen and oxygen atoms in total. The highest BCUT2D eigenvalue weighted by atomic mass is 79.9. The number of aromatic nitrogens is 3. The predicted octanol–water partition coefficient (Wildman–Crippen LogP) is 5.84. The Labute approximate surface area is 203 Å². The first-order chi connectivity index (χ1) is 15.6. The van der Waals surface area contributed by atoms with Crippen molar-refractivity contribution in [3.8, 4) is 11.3 Å². The van der Waals surface area contributed by atoms with E-state index in [9.17, 15) is 4.79 Å². The molecule has 1 fully saturated rings. The van der Waals surface area contributed by atoms with Gasteiger partial charge in [-0.05, 0) is 52.2 Å². The number of carbonyl (C=O) groups is 1. The van der Waals surface area contributed by atoms with Crippen LogP contribution < -0.4 is 5.32 Å². The Kier molecular flexibility index (Phi) is 6.17. The summed E-state index contributed by atoms with van der Waals surface area (Å²) >= 11 is 11.5. The quantitative estimate of drug-likeness (QED) is 0.352. The Hall–Kier alpha value is -2.42. The first-order valence-corrected chi connectivity index (χ1v) is 12.6. The zero-order chi connectivity index (χ0) is 22.1. The minimum atomic E-state index is 0.124. The summed E-state index contributed by atoms with van der Waals surface area (Å²) in [6, 6.07) is 11.6. The number of halogens is 2. The number of nitrogens with one attached hydrogen (secondary N) is 1. The lowest BCUT2D eigenvalue weighted by Gasteiger charge is -2.33. The molecule has 1 saturated heterocycles. The smallest absolute Gasteiger partial charge is 0.254 e. The van der Waals surface area contributed by atoms with Gasteiger partial charge in [0.15, 0.2) is 5.65 Å². The monoisotopic (exact) mass is 529 g/mol. The van der Waals surface area contributed by atoms with E-state index in [4.69, 9.17) is 16.6 Å². The molecule has 1 unspecified atom stereocenters. The van der Waals surface area contributed by atoms with Gasteiger partial charge in [0.2, 0.25) is 0 Å². The van der Waals surface area contributed by atoms with Crippen LogP contribution in [0.25, 0.3) is 16.9 Å². The minimum absolute atomic E-state index is 0.124. The summed E-state index contributed by atoms with van der Waals surface area (Å²) in [5.74, 6) is 1.33. The van der Waals surface area contributed by atoms with E-state index in [1.54, 1.807) is 22.0 Å². The van der Waals surface area contributed by atoms with Crippen LogP contribution in [0.5, 0.6) is 0 Å². The summed E-state index contributed by atoms with van der Waals surface area (Å²) in [6.45, 7) is 2.30. The summed E-state index contributed by atoms with van der Waals surface area (Å²) < 4.78 is 2.61. The molecule has 1 N–H and O–H groups in total. The Morgan fingerprint density at radius 2 is 2.19 bits per heavy atom. The number of likely N-dealkylation sites (tertiary alicyclic amines) is 1. The van der Waals surface area contributed by atoms with Crippen molar-refractivity contribution in [2.24, 2.45) is 5.92 Å². The molecule has 1 aliphatic rings. The minimum Gasteiger partial charge on any atom is -0.370 e. The third kappa shape index (κ3) is 4.27. The fraction of sp³-hybridized carbons (Fsp3) is 0.261. The molecule has 4 heterocycles. The molecule has 32 heavy (non-hydrogen) atoms.